The number of nitrogens with two attached hydrogens (primary N) is 1. The molecular weight excluding hydrogens is 138 g/mol. The SMILES string of the molecule is CC(=O)c1nsc(N)n1. The molecule has 0 radical (unpaired) electrons. The third kappa shape index (κ3) is 1.23. The first-order chi connectivity index (χ1) is 4.20. The maximum absolute atomic E-state index is 10.5. The van der Waals surface area contributed by atoms with Crippen LogP contribution >= 0.6 is 11.5 Å². The number of anilines is 1. The van der Waals surface area contributed by atoms with Gasteiger partial charge in [-0.15, -0.1) is 0 Å². The molecule has 0 saturated carbocycles. The molecular formula is C4H5N3OS. The van der Waals surface area contributed by atoms with Crippen LogP contribution in [0.25, 0.3) is 0 Å². The van der Waals surface area contributed by atoms with Gasteiger partial charge in [0.1, 0.15) is 0 Å². The number of carbonyl (C=O) groups is 1. The van der Waals surface area contributed by atoms with Crippen LogP contribution in [0, 0.1) is 0 Å². The Hall–Kier alpha value is -0.970. The molecule has 0 aliphatic heterocycles. The second-order valence-corrected chi connectivity index (χ2v) is 2.30. The molecule has 1 aromatic heterocycles. The second kappa shape index (κ2) is 2.10. The highest BCUT2D eigenvalue weighted by molar-refractivity contribution is 7.09. The Bertz CT molecular complexity index is 231. The van der Waals surface area contributed by atoms with Gasteiger partial charge in [-0.2, -0.15) is 9.36 Å². The summed E-state index contributed by atoms with van der Waals surface area (Å²) >= 11 is 1.03. The van der Waals surface area contributed by atoms with E-state index in [0.717, 1.165) is 11.5 Å². The molecule has 2 N–H and O–H groups in total. The molecule has 0 spiro atoms. The summed E-state index contributed by atoms with van der Waals surface area (Å²) in [5, 5.41) is 0.334. The minimum absolute atomic E-state index is 0.150. The summed E-state index contributed by atoms with van der Waals surface area (Å²) in [4.78, 5) is 14.1. The summed E-state index contributed by atoms with van der Waals surface area (Å²) in [6, 6.07) is 0. The van der Waals surface area contributed by atoms with Gasteiger partial charge < -0.3 is 5.73 Å². The number of Topliss-reactive ketones (excluding diaryl/α,β-unsaturated/α-hetero) is 1. The fourth-order valence-corrected chi connectivity index (χ4v) is 0.855. The third-order valence-electron chi connectivity index (χ3n) is 0.757. The van der Waals surface area contributed by atoms with Crippen molar-refractivity contribution in [3.63, 3.8) is 0 Å². The summed E-state index contributed by atoms with van der Waals surface area (Å²) in [7, 11) is 0. The molecule has 0 aliphatic carbocycles. The lowest BCUT2D eigenvalue weighted by Crippen LogP contribution is -1.94. The zero-order valence-electron chi connectivity index (χ0n) is 4.79. The highest BCUT2D eigenvalue weighted by Gasteiger charge is 2.03. The molecule has 48 valence electrons. The topological polar surface area (TPSA) is 68.9 Å². The van der Waals surface area contributed by atoms with Crippen molar-refractivity contribution in [2.75, 3.05) is 5.73 Å². The van der Waals surface area contributed by atoms with Crippen LogP contribution in [0.5, 0.6) is 0 Å². The first-order valence-electron chi connectivity index (χ1n) is 2.30. The van der Waals surface area contributed by atoms with Crippen molar-refractivity contribution >= 4 is 22.4 Å². The molecule has 1 aromatic rings. The maximum Gasteiger partial charge on any atom is 0.210 e. The van der Waals surface area contributed by atoms with Crippen LogP contribution in [-0.2, 0) is 0 Å². The maximum atomic E-state index is 10.5. The van der Waals surface area contributed by atoms with Crippen molar-refractivity contribution in [2.24, 2.45) is 0 Å². The minimum atomic E-state index is -0.150. The van der Waals surface area contributed by atoms with E-state index in [1.165, 1.54) is 6.92 Å². The van der Waals surface area contributed by atoms with E-state index in [1.807, 2.05) is 0 Å². The number of hydrogen-bond donors (Lipinski definition) is 1. The van der Waals surface area contributed by atoms with E-state index in [2.05, 4.69) is 9.36 Å². The number of hydrogen-bond acceptors (Lipinski definition) is 5. The third-order valence-corrected chi connectivity index (χ3v) is 1.30. The van der Waals surface area contributed by atoms with E-state index in [-0.39, 0.29) is 11.6 Å². The van der Waals surface area contributed by atoms with Gasteiger partial charge >= 0.3 is 0 Å². The quantitative estimate of drug-likeness (QED) is 0.575. The first-order valence-corrected chi connectivity index (χ1v) is 3.07. The standard InChI is InChI=1S/C4H5N3OS/c1-2(8)3-6-4(5)9-7-3/h1H3,(H2,5,6,7). The Morgan fingerprint density at radius 2 is 2.44 bits per heavy atom. The van der Waals surface area contributed by atoms with Gasteiger partial charge in [-0.3, -0.25) is 4.79 Å². The van der Waals surface area contributed by atoms with E-state index in [1.54, 1.807) is 0 Å². The number of aromatic nitrogens is 2. The van der Waals surface area contributed by atoms with E-state index in [0.29, 0.717) is 5.13 Å². The average molecular weight is 143 g/mol. The van der Waals surface area contributed by atoms with E-state index >= 15 is 0 Å². The van der Waals surface area contributed by atoms with Crippen LogP contribution in [0.4, 0.5) is 5.13 Å². The summed E-state index contributed by atoms with van der Waals surface area (Å²) in [6.45, 7) is 1.40. The Morgan fingerprint density at radius 3 is 2.67 bits per heavy atom. The fraction of sp³-hybridized carbons (Fsp3) is 0.250. The molecule has 4 nitrogen and oxygen atoms in total. The Kier molecular flexibility index (Phi) is 1.44. The molecule has 1 heterocycles. The largest absolute Gasteiger partial charge is 0.374 e. The summed E-state index contributed by atoms with van der Waals surface area (Å²) in [5.41, 5.74) is 5.21. The summed E-state index contributed by atoms with van der Waals surface area (Å²) in [6.07, 6.45) is 0. The molecule has 0 aromatic carbocycles. The van der Waals surface area contributed by atoms with Crippen molar-refractivity contribution in [3.8, 4) is 0 Å². The number of nitrogen functional groups attached to an aromatic ring is 1. The van der Waals surface area contributed by atoms with Crippen molar-refractivity contribution < 1.29 is 4.79 Å². The Morgan fingerprint density at radius 1 is 1.78 bits per heavy atom. The molecule has 0 saturated heterocycles. The lowest BCUT2D eigenvalue weighted by atomic mass is 10.4. The minimum Gasteiger partial charge on any atom is -0.374 e. The van der Waals surface area contributed by atoms with Crippen LogP contribution in [0.1, 0.15) is 17.5 Å². The summed E-state index contributed by atoms with van der Waals surface area (Å²) in [5.74, 6) is 0.0560. The van der Waals surface area contributed by atoms with Crippen molar-refractivity contribution in [2.45, 2.75) is 6.92 Å². The molecule has 1 rings (SSSR count). The predicted octanol–water partition coefficient (Wildman–Crippen LogP) is 0.323. The van der Waals surface area contributed by atoms with Gasteiger partial charge in [-0.1, -0.05) is 0 Å². The number of rotatable bonds is 1. The molecule has 5 heteroatoms. The van der Waals surface area contributed by atoms with Crippen molar-refractivity contribution in [1.29, 1.82) is 0 Å². The fourth-order valence-electron chi connectivity index (χ4n) is 0.378. The van der Waals surface area contributed by atoms with E-state index < -0.39 is 0 Å². The van der Waals surface area contributed by atoms with Gasteiger partial charge in [0.2, 0.25) is 5.82 Å². The van der Waals surface area contributed by atoms with Crippen LogP contribution in [0.2, 0.25) is 0 Å². The van der Waals surface area contributed by atoms with Crippen molar-refractivity contribution in [3.05, 3.63) is 5.82 Å². The van der Waals surface area contributed by atoms with Gasteiger partial charge in [0.05, 0.1) is 0 Å². The zero-order chi connectivity index (χ0) is 6.85. The smallest absolute Gasteiger partial charge is 0.210 e. The monoisotopic (exact) mass is 143 g/mol. The number of ketones is 1. The molecule has 0 unspecified atom stereocenters. The first kappa shape index (κ1) is 6.15. The van der Waals surface area contributed by atoms with E-state index in [9.17, 15) is 4.79 Å². The molecule has 0 aliphatic rings. The highest BCUT2D eigenvalue weighted by atomic mass is 32.1. The van der Waals surface area contributed by atoms with Crippen LogP contribution in [-0.4, -0.2) is 15.1 Å². The molecule has 0 amide bonds. The van der Waals surface area contributed by atoms with Gasteiger partial charge in [0, 0.05) is 18.5 Å². The lowest BCUT2D eigenvalue weighted by Gasteiger charge is -1.77. The predicted molar refractivity (Wildman–Crippen MR) is 34.3 cm³/mol. The van der Waals surface area contributed by atoms with Gasteiger partial charge in [-0.05, 0) is 0 Å². The highest BCUT2D eigenvalue weighted by Crippen LogP contribution is 2.04. The van der Waals surface area contributed by atoms with Crippen LogP contribution in [0.3, 0.4) is 0 Å². The normalized spacial score (nSPS) is 9.44. The average Bonchev–Trinajstić information content (AvgIpc) is 2.14. The Labute approximate surface area is 55.9 Å². The number of carbonyl (C=O) groups excluding carboxylic acids is 1. The van der Waals surface area contributed by atoms with Crippen LogP contribution in [0.15, 0.2) is 0 Å². The number of nitrogens with zero attached hydrogens (tertiary/aromatic N) is 2. The van der Waals surface area contributed by atoms with Gasteiger partial charge in [-0.25, -0.2) is 0 Å². The summed E-state index contributed by atoms with van der Waals surface area (Å²) < 4.78 is 3.67. The van der Waals surface area contributed by atoms with Gasteiger partial charge in [0.25, 0.3) is 0 Å². The van der Waals surface area contributed by atoms with E-state index in [4.69, 9.17) is 5.73 Å². The lowest BCUT2D eigenvalue weighted by molar-refractivity contribution is 0.100. The van der Waals surface area contributed by atoms with Crippen LogP contribution < -0.4 is 5.73 Å². The molecule has 9 heavy (non-hydrogen) atoms. The van der Waals surface area contributed by atoms with Gasteiger partial charge in [0.15, 0.2) is 10.9 Å². The van der Waals surface area contributed by atoms with Crippen molar-refractivity contribution in [1.82, 2.24) is 9.36 Å². The Balaban J connectivity index is 2.98. The molecule has 0 atom stereocenters. The molecule has 0 bridgehead atoms. The second-order valence-electron chi connectivity index (χ2n) is 1.51. The molecule has 0 fully saturated rings. The zero-order valence-corrected chi connectivity index (χ0v) is 5.60.